The van der Waals surface area contributed by atoms with E-state index in [-0.39, 0.29) is 42.7 Å². The highest BCUT2D eigenvalue weighted by Crippen LogP contribution is 2.44. The van der Waals surface area contributed by atoms with E-state index in [0.717, 1.165) is 0 Å². The number of fused-ring (bicyclic) bond motifs is 3. The Kier molecular flexibility index (Phi) is 6.81. The first-order chi connectivity index (χ1) is 16.2. The second-order valence-corrected chi connectivity index (χ2v) is 9.86. The lowest BCUT2D eigenvalue weighted by Crippen LogP contribution is -2.62. The van der Waals surface area contributed by atoms with Gasteiger partial charge in [0, 0.05) is 45.6 Å². The summed E-state index contributed by atoms with van der Waals surface area (Å²) in [5.41, 5.74) is 0.378. The van der Waals surface area contributed by atoms with Crippen LogP contribution in [0.3, 0.4) is 0 Å². The average Bonchev–Trinajstić information content (AvgIpc) is 2.98. The Morgan fingerprint density at radius 2 is 1.76 bits per heavy atom. The van der Waals surface area contributed by atoms with Crippen molar-refractivity contribution in [2.75, 3.05) is 44.2 Å². The summed E-state index contributed by atoms with van der Waals surface area (Å²) in [7, 11) is 0. The number of anilines is 1. The Labute approximate surface area is 200 Å². The number of benzene rings is 1. The van der Waals surface area contributed by atoms with E-state index in [0.29, 0.717) is 63.3 Å². The van der Waals surface area contributed by atoms with Crippen LogP contribution in [0.15, 0.2) is 24.3 Å². The molecule has 34 heavy (non-hydrogen) atoms. The summed E-state index contributed by atoms with van der Waals surface area (Å²) < 4.78 is 5.33. The summed E-state index contributed by atoms with van der Waals surface area (Å²) in [5, 5.41) is 0. The van der Waals surface area contributed by atoms with E-state index in [2.05, 4.69) is 0 Å². The Bertz CT molecular complexity index is 980. The van der Waals surface area contributed by atoms with Gasteiger partial charge in [-0.1, -0.05) is 26.0 Å². The molecule has 3 aliphatic heterocycles. The van der Waals surface area contributed by atoms with Crippen LogP contribution in [0.25, 0.3) is 0 Å². The number of ether oxygens (including phenoxy) is 1. The second kappa shape index (κ2) is 9.64. The fraction of sp³-hybridized carbons (Fsp3) is 0.600. The number of para-hydroxylation sites is 1. The van der Waals surface area contributed by atoms with Crippen LogP contribution < -0.4 is 4.90 Å². The molecule has 0 bridgehead atoms. The minimum Gasteiger partial charge on any atom is -0.449 e. The second-order valence-electron chi connectivity index (χ2n) is 9.86. The molecule has 3 aliphatic rings. The molecule has 1 aromatic rings. The van der Waals surface area contributed by atoms with Crippen molar-refractivity contribution in [2.45, 2.75) is 52.1 Å². The molecule has 9 heteroatoms. The van der Waals surface area contributed by atoms with Gasteiger partial charge >= 0.3 is 6.09 Å². The van der Waals surface area contributed by atoms with Gasteiger partial charge in [-0.2, -0.15) is 0 Å². The molecule has 0 N–H and O–H groups in total. The van der Waals surface area contributed by atoms with Gasteiger partial charge in [-0.15, -0.1) is 0 Å². The van der Waals surface area contributed by atoms with Crippen molar-refractivity contribution in [3.05, 3.63) is 29.8 Å². The van der Waals surface area contributed by atoms with Crippen LogP contribution >= 0.6 is 0 Å². The smallest absolute Gasteiger partial charge is 0.409 e. The minimum absolute atomic E-state index is 0.00395. The molecule has 9 nitrogen and oxygen atoms in total. The van der Waals surface area contributed by atoms with E-state index in [9.17, 15) is 19.2 Å². The molecule has 2 fully saturated rings. The predicted octanol–water partition coefficient (Wildman–Crippen LogP) is 2.70. The Morgan fingerprint density at radius 1 is 1.06 bits per heavy atom. The summed E-state index contributed by atoms with van der Waals surface area (Å²) >= 11 is 0. The Morgan fingerprint density at radius 3 is 2.53 bits per heavy atom. The number of hydrogen-bond acceptors (Lipinski definition) is 5. The van der Waals surface area contributed by atoms with Crippen LogP contribution in [0, 0.1) is 5.92 Å². The molecule has 1 atom stereocenters. The number of amides is 4. The van der Waals surface area contributed by atoms with E-state index >= 15 is 0 Å². The third-order valence-corrected chi connectivity index (χ3v) is 6.94. The summed E-state index contributed by atoms with van der Waals surface area (Å²) in [6, 6.07) is 7.17. The van der Waals surface area contributed by atoms with Crippen molar-refractivity contribution in [1.82, 2.24) is 14.7 Å². The van der Waals surface area contributed by atoms with Gasteiger partial charge < -0.3 is 19.4 Å². The Hall–Kier alpha value is -3.10. The summed E-state index contributed by atoms with van der Waals surface area (Å²) in [6.07, 6.45) is 1.43. The van der Waals surface area contributed by atoms with Crippen LogP contribution in [-0.4, -0.2) is 83.5 Å². The predicted molar refractivity (Wildman–Crippen MR) is 126 cm³/mol. The van der Waals surface area contributed by atoms with Crippen molar-refractivity contribution >= 4 is 29.5 Å². The molecule has 2 saturated heterocycles. The normalized spacial score (nSPS) is 22.6. The van der Waals surface area contributed by atoms with Crippen molar-refractivity contribution in [1.29, 1.82) is 0 Å². The van der Waals surface area contributed by atoms with E-state index < -0.39 is 5.66 Å². The van der Waals surface area contributed by atoms with Gasteiger partial charge in [0.25, 0.3) is 5.91 Å². The third-order valence-electron chi connectivity index (χ3n) is 6.94. The maximum Gasteiger partial charge on any atom is 0.409 e. The molecule has 0 radical (unpaired) electrons. The van der Waals surface area contributed by atoms with E-state index in [1.165, 1.54) is 0 Å². The fourth-order valence-electron chi connectivity index (χ4n) is 5.09. The Balaban J connectivity index is 1.39. The van der Waals surface area contributed by atoms with Gasteiger partial charge in [-0.25, -0.2) is 4.79 Å². The van der Waals surface area contributed by atoms with Gasteiger partial charge in [0.05, 0.1) is 17.9 Å². The maximum absolute atomic E-state index is 13.3. The molecule has 1 unspecified atom stereocenters. The molecule has 4 rings (SSSR count). The summed E-state index contributed by atoms with van der Waals surface area (Å²) in [5.74, 6) is 0.0671. The zero-order valence-corrected chi connectivity index (χ0v) is 20.3. The molecule has 0 aliphatic carbocycles. The lowest BCUT2D eigenvalue weighted by atomic mass is 9.98. The van der Waals surface area contributed by atoms with Crippen molar-refractivity contribution in [3.63, 3.8) is 0 Å². The quantitative estimate of drug-likeness (QED) is 0.660. The number of carbonyl (C=O) groups is 4. The summed E-state index contributed by atoms with van der Waals surface area (Å²) in [4.78, 5) is 58.2. The standard InChI is InChI=1S/C25H34N4O5/c1-18(2)17-34-24(33)27-13-6-12-26(15-16-27)21(30)10-14-28-23(32)19-7-4-5-8-20(19)29-22(31)9-11-25(28,29)3/h4-5,7-8,18H,6,9-17H2,1-3H3. The molecular weight excluding hydrogens is 436 g/mol. The van der Waals surface area contributed by atoms with Gasteiger partial charge in [-0.05, 0) is 37.8 Å². The van der Waals surface area contributed by atoms with Crippen LogP contribution in [-0.2, 0) is 14.3 Å². The first-order valence-electron chi connectivity index (χ1n) is 12.2. The SMILES string of the molecule is CC(C)COC(=O)N1CCCN(C(=O)CCN2C(=O)c3ccccc3N3C(=O)CCC23C)CC1. The van der Waals surface area contributed by atoms with Crippen LogP contribution in [0.5, 0.6) is 0 Å². The van der Waals surface area contributed by atoms with E-state index in [4.69, 9.17) is 4.74 Å². The van der Waals surface area contributed by atoms with Gasteiger partial charge in [0.2, 0.25) is 11.8 Å². The highest BCUT2D eigenvalue weighted by molar-refractivity contribution is 6.10. The topological polar surface area (TPSA) is 90.5 Å². The largest absolute Gasteiger partial charge is 0.449 e. The van der Waals surface area contributed by atoms with Crippen molar-refractivity contribution < 1.29 is 23.9 Å². The highest BCUT2D eigenvalue weighted by atomic mass is 16.6. The van der Waals surface area contributed by atoms with Crippen molar-refractivity contribution in [2.24, 2.45) is 5.92 Å². The van der Waals surface area contributed by atoms with Crippen LogP contribution in [0.2, 0.25) is 0 Å². The van der Waals surface area contributed by atoms with Gasteiger partial charge in [-0.3, -0.25) is 19.3 Å². The zero-order chi connectivity index (χ0) is 24.5. The van der Waals surface area contributed by atoms with Crippen molar-refractivity contribution in [3.8, 4) is 0 Å². The lowest BCUT2D eigenvalue weighted by molar-refractivity contribution is -0.131. The average molecular weight is 471 g/mol. The summed E-state index contributed by atoms with van der Waals surface area (Å²) in [6.45, 7) is 8.48. The highest BCUT2D eigenvalue weighted by Gasteiger charge is 2.52. The van der Waals surface area contributed by atoms with Crippen LogP contribution in [0.4, 0.5) is 10.5 Å². The first-order valence-corrected chi connectivity index (χ1v) is 12.2. The molecule has 184 valence electrons. The monoisotopic (exact) mass is 470 g/mol. The molecule has 0 saturated carbocycles. The minimum atomic E-state index is -0.765. The third kappa shape index (κ3) is 4.48. The van der Waals surface area contributed by atoms with E-state index in [1.807, 2.05) is 32.9 Å². The number of carbonyl (C=O) groups excluding carboxylic acids is 4. The maximum atomic E-state index is 13.3. The first kappa shape index (κ1) is 24.0. The molecule has 0 spiro atoms. The fourth-order valence-corrected chi connectivity index (χ4v) is 5.09. The lowest BCUT2D eigenvalue weighted by Gasteiger charge is -2.48. The number of nitrogens with zero attached hydrogens (tertiary/aromatic N) is 4. The van der Waals surface area contributed by atoms with E-state index in [1.54, 1.807) is 31.7 Å². The molecule has 4 amide bonds. The van der Waals surface area contributed by atoms with Gasteiger partial charge in [0.15, 0.2) is 0 Å². The molecule has 3 heterocycles. The number of rotatable bonds is 5. The number of hydrogen-bond donors (Lipinski definition) is 0. The zero-order valence-electron chi connectivity index (χ0n) is 20.3. The molecule has 0 aromatic heterocycles. The molecule has 1 aromatic carbocycles. The van der Waals surface area contributed by atoms with Crippen LogP contribution in [0.1, 0.15) is 56.8 Å². The molecular formula is C25H34N4O5. The van der Waals surface area contributed by atoms with Gasteiger partial charge in [0.1, 0.15) is 5.66 Å².